The Morgan fingerprint density at radius 1 is 1.35 bits per heavy atom. The third-order valence-corrected chi connectivity index (χ3v) is 3.78. The van der Waals surface area contributed by atoms with E-state index in [1.165, 1.54) is 17.4 Å². The van der Waals surface area contributed by atoms with Crippen LogP contribution in [0.15, 0.2) is 40.8 Å². The first-order valence-electron chi connectivity index (χ1n) is 7.21. The molecule has 0 aliphatic carbocycles. The van der Waals surface area contributed by atoms with E-state index in [-0.39, 0.29) is 12.0 Å². The number of thiazole rings is 1. The first kappa shape index (κ1) is 17.0. The van der Waals surface area contributed by atoms with Crippen LogP contribution in [0.5, 0.6) is 11.5 Å². The first-order chi connectivity index (χ1) is 11.0. The Morgan fingerprint density at radius 2 is 2.13 bits per heavy atom. The van der Waals surface area contributed by atoms with Crippen molar-refractivity contribution in [3.05, 3.63) is 46.2 Å². The lowest BCUT2D eigenvalue weighted by Crippen LogP contribution is -2.11. The van der Waals surface area contributed by atoms with Crippen LogP contribution >= 0.6 is 11.3 Å². The largest absolute Gasteiger partial charge is 0.493 e. The normalized spacial score (nSPS) is 12.1. The molecule has 2 aromatic rings. The van der Waals surface area contributed by atoms with Gasteiger partial charge in [0.2, 0.25) is 0 Å². The maximum atomic E-state index is 11.9. The Balaban J connectivity index is 2.16. The Hall–Kier alpha value is -2.34. The van der Waals surface area contributed by atoms with E-state index in [1.54, 1.807) is 17.8 Å². The number of nitrogens with zero attached hydrogens (tertiary/aromatic N) is 2. The van der Waals surface area contributed by atoms with Crippen LogP contribution in [-0.4, -0.2) is 23.7 Å². The zero-order valence-corrected chi connectivity index (χ0v) is 14.5. The summed E-state index contributed by atoms with van der Waals surface area (Å²) in [6.45, 7) is 3.91. The van der Waals surface area contributed by atoms with Gasteiger partial charge >= 0.3 is 0 Å². The summed E-state index contributed by atoms with van der Waals surface area (Å²) in [5, 5.41) is 1.88. The second kappa shape index (κ2) is 7.78. The van der Waals surface area contributed by atoms with Gasteiger partial charge in [0, 0.05) is 24.7 Å². The minimum atomic E-state index is -0.301. The van der Waals surface area contributed by atoms with Crippen LogP contribution in [0.3, 0.4) is 0 Å². The Morgan fingerprint density at radius 3 is 2.74 bits per heavy atom. The molecule has 5 nitrogen and oxygen atoms in total. The predicted octanol–water partition coefficient (Wildman–Crippen LogP) is 3.02. The van der Waals surface area contributed by atoms with Gasteiger partial charge < -0.3 is 14.0 Å². The number of carbonyl (C=O) groups is 1. The molecule has 0 saturated carbocycles. The zero-order chi connectivity index (χ0) is 16.8. The van der Waals surface area contributed by atoms with Crippen molar-refractivity contribution in [3.63, 3.8) is 0 Å². The van der Waals surface area contributed by atoms with E-state index < -0.39 is 0 Å². The van der Waals surface area contributed by atoms with Gasteiger partial charge in [-0.1, -0.05) is 6.07 Å². The lowest BCUT2D eigenvalue weighted by Gasteiger charge is -2.13. The zero-order valence-electron chi connectivity index (χ0n) is 13.6. The molecule has 2 rings (SSSR count). The van der Waals surface area contributed by atoms with Crippen LogP contribution in [0.25, 0.3) is 6.08 Å². The van der Waals surface area contributed by atoms with Crippen molar-refractivity contribution in [2.24, 2.45) is 12.0 Å². The summed E-state index contributed by atoms with van der Waals surface area (Å²) in [5.74, 6) is 1.01. The van der Waals surface area contributed by atoms with E-state index in [2.05, 4.69) is 4.99 Å². The number of aromatic nitrogens is 1. The van der Waals surface area contributed by atoms with Gasteiger partial charge in [-0.05, 0) is 37.6 Å². The van der Waals surface area contributed by atoms with Gasteiger partial charge in [-0.2, -0.15) is 4.99 Å². The molecule has 0 fully saturated rings. The van der Waals surface area contributed by atoms with E-state index in [0.29, 0.717) is 16.3 Å². The van der Waals surface area contributed by atoms with Gasteiger partial charge in [-0.15, -0.1) is 11.3 Å². The topological polar surface area (TPSA) is 52.8 Å². The number of methoxy groups -OCH3 is 1. The van der Waals surface area contributed by atoms with Crippen LogP contribution < -0.4 is 14.3 Å². The lowest BCUT2D eigenvalue weighted by atomic mass is 10.2. The average Bonchev–Trinajstić information content (AvgIpc) is 2.91. The number of benzene rings is 1. The van der Waals surface area contributed by atoms with E-state index in [1.807, 2.05) is 50.7 Å². The SMILES string of the molecule is COc1cc(C=CC(=O)N=c2sccn2C)ccc1OC(C)C. The van der Waals surface area contributed by atoms with Gasteiger partial charge in [0.1, 0.15) is 0 Å². The molecule has 6 heteroatoms. The molecule has 0 atom stereocenters. The molecule has 0 bridgehead atoms. The predicted molar refractivity (Wildman–Crippen MR) is 91.7 cm³/mol. The fourth-order valence-electron chi connectivity index (χ4n) is 1.87. The van der Waals surface area contributed by atoms with Gasteiger partial charge in [0.05, 0.1) is 13.2 Å². The van der Waals surface area contributed by atoms with Crippen molar-refractivity contribution < 1.29 is 14.3 Å². The highest BCUT2D eigenvalue weighted by Gasteiger charge is 2.06. The van der Waals surface area contributed by atoms with Crippen LogP contribution in [0.1, 0.15) is 19.4 Å². The maximum absolute atomic E-state index is 11.9. The third kappa shape index (κ3) is 4.82. The van der Waals surface area contributed by atoms with Crippen molar-refractivity contribution in [3.8, 4) is 11.5 Å². The highest BCUT2D eigenvalue weighted by Crippen LogP contribution is 2.29. The summed E-state index contributed by atoms with van der Waals surface area (Å²) in [7, 11) is 3.44. The van der Waals surface area contributed by atoms with E-state index in [9.17, 15) is 4.79 Å². The summed E-state index contributed by atoms with van der Waals surface area (Å²) < 4.78 is 12.8. The molecule has 0 radical (unpaired) electrons. The molecule has 1 heterocycles. The molecule has 0 aliphatic rings. The maximum Gasteiger partial charge on any atom is 0.272 e. The quantitative estimate of drug-likeness (QED) is 0.791. The standard InChI is InChI=1S/C17H20N2O3S/c1-12(2)22-14-7-5-13(11-15(14)21-4)6-8-16(20)18-17-19(3)9-10-23-17/h5-12H,1-4H3. The summed E-state index contributed by atoms with van der Waals surface area (Å²) in [6.07, 6.45) is 5.08. The van der Waals surface area contributed by atoms with E-state index in [4.69, 9.17) is 9.47 Å². The van der Waals surface area contributed by atoms with Crippen LogP contribution in [-0.2, 0) is 11.8 Å². The van der Waals surface area contributed by atoms with Crippen LogP contribution in [0.4, 0.5) is 0 Å². The minimum Gasteiger partial charge on any atom is -0.493 e. The fourth-order valence-corrected chi connectivity index (χ4v) is 2.61. The molecule has 122 valence electrons. The lowest BCUT2D eigenvalue weighted by molar-refractivity contribution is -0.113. The molecule has 1 aromatic heterocycles. The van der Waals surface area contributed by atoms with Gasteiger partial charge in [-0.25, -0.2) is 0 Å². The Labute approximate surface area is 139 Å². The monoisotopic (exact) mass is 332 g/mol. The summed E-state index contributed by atoms with van der Waals surface area (Å²) in [5.41, 5.74) is 0.845. The number of carbonyl (C=O) groups excluding carboxylic acids is 1. The highest BCUT2D eigenvalue weighted by atomic mass is 32.1. The number of hydrogen-bond acceptors (Lipinski definition) is 4. The summed E-state index contributed by atoms with van der Waals surface area (Å²) in [4.78, 5) is 16.6. The number of hydrogen-bond donors (Lipinski definition) is 0. The number of amides is 1. The first-order valence-corrected chi connectivity index (χ1v) is 8.09. The van der Waals surface area contributed by atoms with Crippen LogP contribution in [0, 0.1) is 0 Å². The average molecular weight is 332 g/mol. The van der Waals surface area contributed by atoms with Gasteiger partial charge in [-0.3, -0.25) is 4.79 Å². The summed E-state index contributed by atoms with van der Waals surface area (Å²) >= 11 is 1.42. The molecular weight excluding hydrogens is 312 g/mol. The van der Waals surface area contributed by atoms with E-state index in [0.717, 1.165) is 5.56 Å². The number of aryl methyl sites for hydroxylation is 1. The minimum absolute atomic E-state index is 0.0669. The Kier molecular flexibility index (Phi) is 5.76. The molecule has 1 amide bonds. The smallest absolute Gasteiger partial charge is 0.272 e. The fraction of sp³-hybridized carbons (Fsp3) is 0.294. The van der Waals surface area contributed by atoms with Gasteiger partial charge in [0.25, 0.3) is 5.91 Å². The molecule has 0 saturated heterocycles. The van der Waals surface area contributed by atoms with Crippen molar-refractivity contribution in [2.75, 3.05) is 7.11 Å². The van der Waals surface area contributed by atoms with Crippen molar-refractivity contribution >= 4 is 23.3 Å². The molecule has 23 heavy (non-hydrogen) atoms. The van der Waals surface area contributed by atoms with Crippen molar-refractivity contribution in [1.29, 1.82) is 0 Å². The van der Waals surface area contributed by atoms with Gasteiger partial charge in [0.15, 0.2) is 16.3 Å². The molecule has 0 N–H and O–H groups in total. The van der Waals surface area contributed by atoms with Crippen LogP contribution in [0.2, 0.25) is 0 Å². The summed E-state index contributed by atoms with van der Waals surface area (Å²) in [6, 6.07) is 5.53. The second-order valence-corrected chi connectivity index (χ2v) is 6.03. The number of rotatable bonds is 5. The Bertz CT molecular complexity index is 772. The van der Waals surface area contributed by atoms with Crippen molar-refractivity contribution in [1.82, 2.24) is 4.57 Å². The number of ether oxygens (including phenoxy) is 2. The molecule has 0 aliphatic heterocycles. The molecule has 0 unspecified atom stereocenters. The second-order valence-electron chi connectivity index (χ2n) is 5.16. The van der Waals surface area contributed by atoms with Crippen molar-refractivity contribution in [2.45, 2.75) is 20.0 Å². The molecular formula is C17H20N2O3S. The molecule has 1 aromatic carbocycles. The third-order valence-electron chi connectivity index (χ3n) is 2.93. The molecule has 0 spiro atoms. The van der Waals surface area contributed by atoms with E-state index >= 15 is 0 Å². The highest BCUT2D eigenvalue weighted by molar-refractivity contribution is 7.07.